The minimum Gasteiger partial charge on any atom is -0.462 e. The Balaban J connectivity index is 4.50. The van der Waals surface area contributed by atoms with Gasteiger partial charge in [-0.25, -0.2) is 0 Å². The molecule has 0 spiro atoms. The van der Waals surface area contributed by atoms with E-state index in [-0.39, 0.29) is 37.5 Å². The van der Waals surface area contributed by atoms with Crippen LogP contribution < -0.4 is 0 Å². The summed E-state index contributed by atoms with van der Waals surface area (Å²) >= 11 is 0. The van der Waals surface area contributed by atoms with Gasteiger partial charge in [0.05, 0.1) is 0 Å². The number of hydrogen-bond donors (Lipinski definition) is 0. The molecule has 0 aromatic heterocycles. The molecule has 6 nitrogen and oxygen atoms in total. The molecule has 0 fully saturated rings. The van der Waals surface area contributed by atoms with E-state index in [0.717, 1.165) is 83.5 Å². The van der Waals surface area contributed by atoms with Gasteiger partial charge in [0.1, 0.15) is 13.2 Å². The fraction of sp³-hybridized carbons (Fsp3) is 0.717. The lowest BCUT2D eigenvalue weighted by atomic mass is 10.1. The van der Waals surface area contributed by atoms with Gasteiger partial charge in [-0.1, -0.05) is 209 Å². The fourth-order valence-electron chi connectivity index (χ4n) is 7.40. The Morgan fingerprint density at radius 3 is 0.955 bits per heavy atom. The predicted octanol–water partition coefficient (Wildman–Crippen LogP) is 18.4. The zero-order chi connectivity index (χ0) is 47.9. The van der Waals surface area contributed by atoms with Crippen LogP contribution in [0.4, 0.5) is 0 Å². The number of allylic oxidation sites excluding steroid dienone is 14. The Bertz CT molecular complexity index is 1290. The molecule has 0 amide bonds. The number of carbonyl (C=O) groups is 3. The second-order valence-corrected chi connectivity index (χ2v) is 18.1. The summed E-state index contributed by atoms with van der Waals surface area (Å²) in [5, 5.41) is 0. The van der Waals surface area contributed by atoms with Crippen molar-refractivity contribution in [1.82, 2.24) is 0 Å². The molecule has 0 aliphatic heterocycles. The highest BCUT2D eigenvalue weighted by atomic mass is 16.6. The van der Waals surface area contributed by atoms with Gasteiger partial charge in [0.25, 0.3) is 0 Å². The first-order valence-corrected chi connectivity index (χ1v) is 27.6. The standard InChI is InChI=1S/C60H102O6/c1-4-7-10-13-16-19-22-25-28-30-32-35-38-41-44-47-50-53-59(62)65-56-57(55-64-58(61)52-49-46-43-40-37-34-27-24-21-18-15-12-9-6-3)66-60(63)54-51-48-45-42-39-36-33-31-29-26-23-20-17-14-11-8-5-2/h16-17,19-20,24-29,32,35,41,44,57H,4-15,18,21-23,30-31,33-34,36-40,42-43,45-56H2,1-3H3/b19-16+,20-17+,27-24+,28-25+,29-26+,35-32+,44-41+/t57-/m1/s1. The molecule has 1 atom stereocenters. The Kier molecular flexibility index (Phi) is 51.4. The molecule has 0 unspecified atom stereocenters. The van der Waals surface area contributed by atoms with E-state index >= 15 is 0 Å². The molecule has 0 saturated heterocycles. The molecule has 0 aliphatic rings. The summed E-state index contributed by atoms with van der Waals surface area (Å²) in [4.78, 5) is 38.1. The van der Waals surface area contributed by atoms with Crippen molar-refractivity contribution in [3.63, 3.8) is 0 Å². The third-order valence-corrected chi connectivity index (χ3v) is 11.6. The molecule has 378 valence electrons. The van der Waals surface area contributed by atoms with Crippen molar-refractivity contribution in [2.24, 2.45) is 0 Å². The minimum absolute atomic E-state index is 0.101. The Labute approximate surface area is 407 Å². The van der Waals surface area contributed by atoms with Crippen LogP contribution in [0.15, 0.2) is 85.1 Å². The monoisotopic (exact) mass is 919 g/mol. The Morgan fingerprint density at radius 2 is 0.561 bits per heavy atom. The van der Waals surface area contributed by atoms with Gasteiger partial charge in [-0.3, -0.25) is 14.4 Å². The maximum atomic E-state index is 12.8. The van der Waals surface area contributed by atoms with Gasteiger partial charge in [0.2, 0.25) is 0 Å². The van der Waals surface area contributed by atoms with Crippen molar-refractivity contribution in [2.45, 2.75) is 264 Å². The number of hydrogen-bond acceptors (Lipinski definition) is 6. The summed E-state index contributed by atoms with van der Waals surface area (Å²) in [5.74, 6) is -0.973. The quantitative estimate of drug-likeness (QED) is 0.0262. The lowest BCUT2D eigenvalue weighted by Gasteiger charge is -2.18. The first-order chi connectivity index (χ1) is 32.5. The summed E-state index contributed by atoms with van der Waals surface area (Å²) in [7, 11) is 0. The van der Waals surface area contributed by atoms with E-state index < -0.39 is 6.10 Å². The summed E-state index contributed by atoms with van der Waals surface area (Å²) in [5.41, 5.74) is 0. The zero-order valence-corrected chi connectivity index (χ0v) is 43.2. The van der Waals surface area contributed by atoms with E-state index in [1.807, 2.05) is 0 Å². The number of esters is 3. The van der Waals surface area contributed by atoms with E-state index in [1.54, 1.807) is 0 Å². The predicted molar refractivity (Wildman–Crippen MR) is 284 cm³/mol. The smallest absolute Gasteiger partial charge is 0.306 e. The van der Waals surface area contributed by atoms with Crippen LogP contribution in [-0.4, -0.2) is 37.2 Å². The van der Waals surface area contributed by atoms with Gasteiger partial charge < -0.3 is 14.2 Å². The average Bonchev–Trinajstić information content (AvgIpc) is 3.31. The minimum atomic E-state index is -0.806. The summed E-state index contributed by atoms with van der Waals surface area (Å²) in [6, 6.07) is 0. The molecule has 0 saturated carbocycles. The van der Waals surface area contributed by atoms with Crippen LogP contribution in [0.2, 0.25) is 0 Å². The van der Waals surface area contributed by atoms with Crippen molar-refractivity contribution in [3.8, 4) is 0 Å². The van der Waals surface area contributed by atoms with Crippen LogP contribution in [0.1, 0.15) is 258 Å². The number of ether oxygens (including phenoxy) is 3. The topological polar surface area (TPSA) is 78.9 Å². The highest BCUT2D eigenvalue weighted by molar-refractivity contribution is 5.71. The molecule has 6 heteroatoms. The molecule has 0 rings (SSSR count). The van der Waals surface area contributed by atoms with Gasteiger partial charge in [-0.05, 0) is 116 Å². The first-order valence-electron chi connectivity index (χ1n) is 27.6. The number of carbonyl (C=O) groups excluding carboxylic acids is 3. The van der Waals surface area contributed by atoms with Gasteiger partial charge in [0, 0.05) is 19.3 Å². The van der Waals surface area contributed by atoms with Gasteiger partial charge >= 0.3 is 17.9 Å². The van der Waals surface area contributed by atoms with Crippen molar-refractivity contribution in [1.29, 1.82) is 0 Å². The van der Waals surface area contributed by atoms with E-state index in [9.17, 15) is 14.4 Å². The van der Waals surface area contributed by atoms with Crippen LogP contribution in [0.5, 0.6) is 0 Å². The average molecular weight is 919 g/mol. The maximum absolute atomic E-state index is 12.8. The Morgan fingerprint density at radius 1 is 0.303 bits per heavy atom. The van der Waals surface area contributed by atoms with Crippen molar-refractivity contribution < 1.29 is 28.6 Å². The largest absolute Gasteiger partial charge is 0.462 e. The fourth-order valence-corrected chi connectivity index (χ4v) is 7.40. The third-order valence-electron chi connectivity index (χ3n) is 11.6. The van der Waals surface area contributed by atoms with Crippen LogP contribution in [0.25, 0.3) is 0 Å². The van der Waals surface area contributed by atoms with Crippen LogP contribution in [-0.2, 0) is 28.6 Å². The van der Waals surface area contributed by atoms with E-state index in [1.165, 1.54) is 128 Å². The molecule has 0 radical (unpaired) electrons. The molecule has 66 heavy (non-hydrogen) atoms. The second kappa shape index (κ2) is 54.2. The second-order valence-electron chi connectivity index (χ2n) is 18.1. The van der Waals surface area contributed by atoms with Gasteiger partial charge in [-0.15, -0.1) is 0 Å². The summed E-state index contributed by atoms with van der Waals surface area (Å²) in [6.45, 7) is 6.52. The van der Waals surface area contributed by atoms with Crippen LogP contribution in [0.3, 0.4) is 0 Å². The van der Waals surface area contributed by atoms with Crippen molar-refractivity contribution >= 4 is 17.9 Å². The lowest BCUT2D eigenvalue weighted by molar-refractivity contribution is -0.167. The molecule has 0 bridgehead atoms. The van der Waals surface area contributed by atoms with Crippen molar-refractivity contribution in [2.75, 3.05) is 13.2 Å². The lowest BCUT2D eigenvalue weighted by Crippen LogP contribution is -2.30. The van der Waals surface area contributed by atoms with Gasteiger partial charge in [0.15, 0.2) is 6.10 Å². The van der Waals surface area contributed by atoms with Crippen molar-refractivity contribution in [3.05, 3.63) is 85.1 Å². The van der Waals surface area contributed by atoms with E-state index in [2.05, 4.69) is 106 Å². The molecule has 0 heterocycles. The maximum Gasteiger partial charge on any atom is 0.306 e. The molecule has 0 N–H and O–H groups in total. The first kappa shape index (κ1) is 62.6. The van der Waals surface area contributed by atoms with Gasteiger partial charge in [-0.2, -0.15) is 0 Å². The molecule has 0 aromatic rings. The summed E-state index contributed by atoms with van der Waals surface area (Å²) in [6.07, 6.45) is 69.9. The van der Waals surface area contributed by atoms with Crippen LogP contribution >= 0.6 is 0 Å². The van der Waals surface area contributed by atoms with E-state index in [4.69, 9.17) is 14.2 Å². The Hall–Kier alpha value is -3.41. The molecular formula is C60H102O6. The third kappa shape index (κ3) is 51.6. The number of unbranched alkanes of at least 4 members (excludes halogenated alkanes) is 24. The highest BCUT2D eigenvalue weighted by Crippen LogP contribution is 2.14. The summed E-state index contributed by atoms with van der Waals surface area (Å²) < 4.78 is 16.8. The van der Waals surface area contributed by atoms with Crippen LogP contribution in [0, 0.1) is 0 Å². The SMILES string of the molecule is CCCCC/C=C/C/C=C/C/C=C/C/C=C/CCCC(=O)OC[C@@H](COC(=O)CCCCCCC/C=C/CCCCCCC)OC(=O)CCCCCCCCC/C=C/C/C=C/CCCCC. The number of rotatable bonds is 49. The molecule has 0 aromatic carbocycles. The molecule has 0 aliphatic carbocycles. The molecular weight excluding hydrogens is 817 g/mol. The highest BCUT2D eigenvalue weighted by Gasteiger charge is 2.19. The zero-order valence-electron chi connectivity index (χ0n) is 43.2. The normalized spacial score (nSPS) is 12.7. The van der Waals surface area contributed by atoms with E-state index in [0.29, 0.717) is 19.3 Å².